The number of esters is 1. The number of hydrogen-bond donors (Lipinski definition) is 0. The molecule has 0 bridgehead atoms. The molecule has 2 heterocycles. The van der Waals surface area contributed by atoms with Crippen LogP contribution in [0.1, 0.15) is 30.9 Å². The number of fused-ring (bicyclic) bond motifs is 1. The summed E-state index contributed by atoms with van der Waals surface area (Å²) in [7, 11) is 0. The van der Waals surface area contributed by atoms with Crippen molar-refractivity contribution in [2.24, 2.45) is 0 Å². The number of benzene rings is 1. The molecule has 1 saturated heterocycles. The number of carbonyl (C=O) groups is 1. The minimum atomic E-state index is -0.762. The van der Waals surface area contributed by atoms with Gasteiger partial charge in [-0.25, -0.2) is 4.79 Å². The van der Waals surface area contributed by atoms with E-state index in [1.807, 2.05) is 42.1 Å². The van der Waals surface area contributed by atoms with Crippen LogP contribution in [0.15, 0.2) is 42.5 Å². The van der Waals surface area contributed by atoms with Crippen LogP contribution in [0, 0.1) is 0 Å². The highest BCUT2D eigenvalue weighted by atomic mass is 32.2. The second kappa shape index (κ2) is 4.37. The molecule has 2 fully saturated rings. The highest BCUT2D eigenvalue weighted by molar-refractivity contribution is 8.01. The summed E-state index contributed by atoms with van der Waals surface area (Å²) in [5.74, 6) is -0.0423. The predicted octanol–water partition coefficient (Wildman–Crippen LogP) is 3.22. The zero-order valence-electron chi connectivity index (χ0n) is 11.1. The fourth-order valence-corrected chi connectivity index (χ4v) is 4.85. The standard InChI is InChI=1S/C16H16O3S/c17-14-13(12-6-2-1-3-7-12)18-16(19-14)10-4-8-15(16)9-5-11-20-15/h1-3,5-7,9,13H,4,8,10-11H2/t13-,15-,16-/m1/s1. The van der Waals surface area contributed by atoms with E-state index in [2.05, 4.69) is 12.2 Å². The molecule has 0 N–H and O–H groups in total. The summed E-state index contributed by atoms with van der Waals surface area (Å²) in [6.07, 6.45) is 6.60. The lowest BCUT2D eigenvalue weighted by molar-refractivity contribution is -0.180. The number of carbonyl (C=O) groups excluding carboxylic acids is 1. The number of thioether (sulfide) groups is 1. The van der Waals surface area contributed by atoms with Gasteiger partial charge in [-0.05, 0) is 18.4 Å². The summed E-state index contributed by atoms with van der Waals surface area (Å²) in [4.78, 5) is 12.3. The Morgan fingerprint density at radius 2 is 2.05 bits per heavy atom. The third-order valence-electron chi connectivity index (χ3n) is 4.41. The van der Waals surface area contributed by atoms with Gasteiger partial charge in [0.2, 0.25) is 5.79 Å². The Morgan fingerprint density at radius 3 is 2.80 bits per heavy atom. The monoisotopic (exact) mass is 288 g/mol. The molecule has 0 aromatic heterocycles. The first-order valence-electron chi connectivity index (χ1n) is 7.02. The van der Waals surface area contributed by atoms with Crippen molar-refractivity contribution in [1.29, 1.82) is 0 Å². The third-order valence-corrected chi connectivity index (χ3v) is 5.94. The quantitative estimate of drug-likeness (QED) is 0.587. The Morgan fingerprint density at radius 1 is 1.20 bits per heavy atom. The minimum absolute atomic E-state index is 0.174. The highest BCUT2D eigenvalue weighted by Gasteiger charge is 2.64. The molecule has 2 spiro atoms. The van der Waals surface area contributed by atoms with Crippen LogP contribution in [0.5, 0.6) is 0 Å². The van der Waals surface area contributed by atoms with Gasteiger partial charge in [-0.2, -0.15) is 0 Å². The number of ether oxygens (including phenoxy) is 2. The molecule has 4 heteroatoms. The molecule has 20 heavy (non-hydrogen) atoms. The molecule has 2 aliphatic heterocycles. The van der Waals surface area contributed by atoms with E-state index in [-0.39, 0.29) is 10.7 Å². The van der Waals surface area contributed by atoms with Crippen LogP contribution in [0.2, 0.25) is 0 Å². The smallest absolute Gasteiger partial charge is 0.342 e. The lowest BCUT2D eigenvalue weighted by atomic mass is 10.0. The molecule has 3 nitrogen and oxygen atoms in total. The van der Waals surface area contributed by atoms with Crippen LogP contribution in [0.25, 0.3) is 0 Å². The van der Waals surface area contributed by atoms with Crippen LogP contribution in [0.4, 0.5) is 0 Å². The second-order valence-corrected chi connectivity index (χ2v) is 6.89. The van der Waals surface area contributed by atoms with E-state index in [4.69, 9.17) is 9.47 Å². The lowest BCUT2D eigenvalue weighted by Gasteiger charge is -2.36. The summed E-state index contributed by atoms with van der Waals surface area (Å²) in [6.45, 7) is 0. The fourth-order valence-electron chi connectivity index (χ4n) is 3.47. The Labute approximate surface area is 122 Å². The zero-order valence-corrected chi connectivity index (χ0v) is 11.9. The van der Waals surface area contributed by atoms with Crippen LogP contribution in [0.3, 0.4) is 0 Å². The Kier molecular flexibility index (Phi) is 2.72. The van der Waals surface area contributed by atoms with Crippen molar-refractivity contribution in [3.05, 3.63) is 48.0 Å². The maximum atomic E-state index is 12.3. The highest BCUT2D eigenvalue weighted by Crippen LogP contribution is 2.58. The van der Waals surface area contributed by atoms with E-state index in [1.54, 1.807) is 0 Å². The molecule has 1 aliphatic carbocycles. The van der Waals surface area contributed by atoms with Gasteiger partial charge in [0.05, 0.1) is 4.75 Å². The second-order valence-electron chi connectivity index (χ2n) is 5.54. The molecule has 0 unspecified atom stereocenters. The van der Waals surface area contributed by atoms with E-state index in [9.17, 15) is 4.79 Å². The fraction of sp³-hybridized carbons (Fsp3) is 0.438. The normalized spacial score (nSPS) is 39.0. The van der Waals surface area contributed by atoms with E-state index in [0.29, 0.717) is 0 Å². The van der Waals surface area contributed by atoms with Crippen LogP contribution < -0.4 is 0 Å². The van der Waals surface area contributed by atoms with Gasteiger partial charge < -0.3 is 9.47 Å². The van der Waals surface area contributed by atoms with Crippen molar-refractivity contribution in [3.63, 3.8) is 0 Å². The molecule has 1 aromatic rings. The molecule has 0 amide bonds. The van der Waals surface area contributed by atoms with Gasteiger partial charge in [0.1, 0.15) is 0 Å². The number of rotatable bonds is 1. The summed E-state index contributed by atoms with van der Waals surface area (Å²) < 4.78 is 11.8. The lowest BCUT2D eigenvalue weighted by Crippen LogP contribution is -2.46. The first-order chi connectivity index (χ1) is 9.75. The third kappa shape index (κ3) is 1.61. The van der Waals surface area contributed by atoms with Crippen molar-refractivity contribution in [2.75, 3.05) is 5.75 Å². The maximum absolute atomic E-state index is 12.3. The van der Waals surface area contributed by atoms with E-state index < -0.39 is 11.9 Å². The SMILES string of the molecule is O=C1O[C@@]2(CCC[C@@]23C=CCS3)O[C@@H]1c1ccccc1. The summed E-state index contributed by atoms with van der Waals surface area (Å²) in [5.41, 5.74) is 0.878. The molecule has 4 rings (SSSR count). The average Bonchev–Trinajstić information content (AvgIpc) is 3.15. The van der Waals surface area contributed by atoms with Crippen LogP contribution in [-0.4, -0.2) is 22.3 Å². The Bertz CT molecular complexity index is 570. The molecule has 3 aliphatic rings. The van der Waals surface area contributed by atoms with Crippen molar-refractivity contribution in [1.82, 2.24) is 0 Å². The minimum Gasteiger partial charge on any atom is -0.429 e. The maximum Gasteiger partial charge on any atom is 0.342 e. The van der Waals surface area contributed by atoms with Gasteiger partial charge >= 0.3 is 5.97 Å². The topological polar surface area (TPSA) is 35.5 Å². The number of hydrogen-bond acceptors (Lipinski definition) is 4. The molecular weight excluding hydrogens is 272 g/mol. The van der Waals surface area contributed by atoms with E-state index in [0.717, 1.165) is 30.6 Å². The van der Waals surface area contributed by atoms with Crippen molar-refractivity contribution in [2.45, 2.75) is 35.9 Å². The average molecular weight is 288 g/mol. The van der Waals surface area contributed by atoms with Gasteiger partial charge in [0, 0.05) is 12.2 Å². The van der Waals surface area contributed by atoms with Crippen molar-refractivity contribution < 1.29 is 14.3 Å². The molecule has 1 aromatic carbocycles. The summed E-state index contributed by atoms with van der Waals surface area (Å²) >= 11 is 1.83. The molecule has 1 saturated carbocycles. The Balaban J connectivity index is 1.69. The molecule has 104 valence electrons. The van der Waals surface area contributed by atoms with Gasteiger partial charge in [0.15, 0.2) is 6.10 Å². The molecule has 3 atom stereocenters. The van der Waals surface area contributed by atoms with Gasteiger partial charge in [-0.1, -0.05) is 42.5 Å². The van der Waals surface area contributed by atoms with Crippen LogP contribution >= 0.6 is 11.8 Å². The van der Waals surface area contributed by atoms with E-state index >= 15 is 0 Å². The van der Waals surface area contributed by atoms with Gasteiger partial charge in [0.25, 0.3) is 0 Å². The van der Waals surface area contributed by atoms with E-state index in [1.165, 1.54) is 0 Å². The first-order valence-corrected chi connectivity index (χ1v) is 8.01. The largest absolute Gasteiger partial charge is 0.429 e. The first kappa shape index (κ1) is 12.5. The summed E-state index contributed by atoms with van der Waals surface area (Å²) in [6, 6.07) is 9.62. The predicted molar refractivity (Wildman–Crippen MR) is 77.3 cm³/mol. The summed E-state index contributed by atoms with van der Waals surface area (Å²) in [5, 5.41) is 0. The molecule has 0 radical (unpaired) electrons. The van der Waals surface area contributed by atoms with Gasteiger partial charge in [-0.15, -0.1) is 11.8 Å². The zero-order chi connectivity index (χ0) is 13.6. The molecular formula is C16H16O3S. The van der Waals surface area contributed by atoms with Gasteiger partial charge in [-0.3, -0.25) is 0 Å². The van der Waals surface area contributed by atoms with Crippen molar-refractivity contribution >= 4 is 17.7 Å². The van der Waals surface area contributed by atoms with Crippen LogP contribution in [-0.2, 0) is 14.3 Å². The van der Waals surface area contributed by atoms with Crippen molar-refractivity contribution in [3.8, 4) is 0 Å². The Hall–Kier alpha value is -1.26.